The number of benzene rings is 1. The van der Waals surface area contributed by atoms with Gasteiger partial charge in [-0.3, -0.25) is 0 Å². The molecule has 2 saturated heterocycles. The quantitative estimate of drug-likeness (QED) is 0.919. The molecule has 3 heterocycles. The van der Waals surface area contributed by atoms with E-state index in [1.807, 2.05) is 18.2 Å². The summed E-state index contributed by atoms with van der Waals surface area (Å²) in [5.41, 5.74) is 2.02. The third kappa shape index (κ3) is 3.32. The molecule has 4 rings (SSSR count). The van der Waals surface area contributed by atoms with Gasteiger partial charge in [-0.2, -0.15) is 5.10 Å². The fraction of sp³-hybridized carbons (Fsp3) is 0.529. The van der Waals surface area contributed by atoms with E-state index in [1.54, 1.807) is 11.0 Å². The highest BCUT2D eigenvalue weighted by Gasteiger charge is 2.40. The predicted molar refractivity (Wildman–Crippen MR) is 90.3 cm³/mol. The number of hydrogen-bond acceptors (Lipinski definition) is 5. The van der Waals surface area contributed by atoms with Gasteiger partial charge in [-0.1, -0.05) is 17.7 Å². The molecular weight excluding hydrogens is 328 g/mol. The van der Waals surface area contributed by atoms with E-state index in [9.17, 15) is 0 Å². The van der Waals surface area contributed by atoms with Crippen molar-refractivity contribution in [3.8, 4) is 5.69 Å². The van der Waals surface area contributed by atoms with Crippen LogP contribution in [-0.2, 0) is 16.0 Å². The SMILES string of the molecule is Clc1ccc(CN[C@@H]2CCO[C@]3(CCOC3)C2)c(-n2cncn2)c1. The van der Waals surface area contributed by atoms with Crippen LogP contribution in [0.5, 0.6) is 0 Å². The zero-order valence-corrected chi connectivity index (χ0v) is 14.2. The zero-order valence-electron chi connectivity index (χ0n) is 13.4. The van der Waals surface area contributed by atoms with Crippen LogP contribution in [0.3, 0.4) is 0 Å². The van der Waals surface area contributed by atoms with Crippen molar-refractivity contribution in [1.29, 1.82) is 0 Å². The third-order valence-corrected chi connectivity index (χ3v) is 5.09. The van der Waals surface area contributed by atoms with Crippen LogP contribution in [-0.4, -0.2) is 46.2 Å². The Balaban J connectivity index is 1.46. The highest BCUT2D eigenvalue weighted by Crippen LogP contribution is 2.33. The fourth-order valence-corrected chi connectivity index (χ4v) is 3.72. The van der Waals surface area contributed by atoms with Crippen LogP contribution in [0.4, 0.5) is 0 Å². The molecule has 2 aliphatic rings. The Kier molecular flexibility index (Phi) is 4.54. The maximum atomic E-state index is 6.15. The van der Waals surface area contributed by atoms with Gasteiger partial charge in [0, 0.05) is 37.2 Å². The lowest BCUT2D eigenvalue weighted by atomic mass is 9.89. The molecule has 2 fully saturated rings. The summed E-state index contributed by atoms with van der Waals surface area (Å²) in [4.78, 5) is 4.03. The van der Waals surface area contributed by atoms with Gasteiger partial charge in [-0.05, 0) is 30.5 Å². The standard InChI is InChI=1S/C17H21ClN4O2/c18-14-2-1-13(16(7-14)22-12-19-11-21-22)9-20-15-3-5-24-17(8-15)4-6-23-10-17/h1-2,7,11-12,15,20H,3-6,8-10H2/t15-,17-/m1/s1. The number of halogens is 1. The van der Waals surface area contributed by atoms with Crippen LogP contribution in [0.25, 0.3) is 5.69 Å². The molecule has 128 valence electrons. The Morgan fingerprint density at radius 1 is 1.38 bits per heavy atom. The van der Waals surface area contributed by atoms with Gasteiger partial charge in [0.2, 0.25) is 0 Å². The van der Waals surface area contributed by atoms with Crippen molar-refractivity contribution in [2.75, 3.05) is 19.8 Å². The zero-order chi connectivity index (χ0) is 16.4. The van der Waals surface area contributed by atoms with Crippen molar-refractivity contribution in [1.82, 2.24) is 20.1 Å². The van der Waals surface area contributed by atoms with Crippen LogP contribution in [0, 0.1) is 0 Å². The first-order valence-electron chi connectivity index (χ1n) is 8.33. The summed E-state index contributed by atoms with van der Waals surface area (Å²) >= 11 is 6.15. The Bertz CT molecular complexity index is 686. The van der Waals surface area contributed by atoms with Crippen molar-refractivity contribution < 1.29 is 9.47 Å². The highest BCUT2D eigenvalue weighted by molar-refractivity contribution is 6.30. The number of ether oxygens (including phenoxy) is 2. The van der Waals surface area contributed by atoms with Crippen LogP contribution in [0.1, 0.15) is 24.8 Å². The van der Waals surface area contributed by atoms with Crippen LogP contribution < -0.4 is 5.32 Å². The van der Waals surface area contributed by atoms with Crippen LogP contribution in [0.2, 0.25) is 5.02 Å². The monoisotopic (exact) mass is 348 g/mol. The summed E-state index contributed by atoms with van der Waals surface area (Å²) < 4.78 is 13.3. The molecule has 2 atom stereocenters. The van der Waals surface area contributed by atoms with E-state index in [2.05, 4.69) is 15.4 Å². The Labute approximate surface area is 146 Å². The Morgan fingerprint density at radius 2 is 2.33 bits per heavy atom. The normalized spacial score (nSPS) is 27.0. The number of nitrogens with zero attached hydrogens (tertiary/aromatic N) is 3. The lowest BCUT2D eigenvalue weighted by Crippen LogP contribution is -2.47. The van der Waals surface area contributed by atoms with Crippen molar-refractivity contribution >= 4 is 11.6 Å². The Hall–Kier alpha value is -1.47. The predicted octanol–water partition coefficient (Wildman–Crippen LogP) is 2.35. The van der Waals surface area contributed by atoms with Gasteiger partial charge in [0.1, 0.15) is 12.7 Å². The molecule has 24 heavy (non-hydrogen) atoms. The summed E-state index contributed by atoms with van der Waals surface area (Å²) in [6.07, 6.45) is 6.23. The highest BCUT2D eigenvalue weighted by atomic mass is 35.5. The van der Waals surface area contributed by atoms with Crippen LogP contribution in [0.15, 0.2) is 30.9 Å². The molecule has 1 N–H and O–H groups in total. The topological polar surface area (TPSA) is 61.2 Å². The smallest absolute Gasteiger partial charge is 0.138 e. The molecule has 0 bridgehead atoms. The molecule has 7 heteroatoms. The van der Waals surface area contributed by atoms with E-state index < -0.39 is 0 Å². The molecule has 2 aromatic rings. The maximum absolute atomic E-state index is 6.15. The molecule has 1 spiro atoms. The Morgan fingerprint density at radius 3 is 3.12 bits per heavy atom. The average molecular weight is 349 g/mol. The van der Waals surface area contributed by atoms with E-state index in [0.717, 1.165) is 56.9 Å². The van der Waals surface area contributed by atoms with Crippen molar-refractivity contribution in [2.24, 2.45) is 0 Å². The molecule has 0 saturated carbocycles. The molecule has 0 radical (unpaired) electrons. The van der Waals surface area contributed by atoms with E-state index >= 15 is 0 Å². The number of nitrogens with one attached hydrogen (secondary N) is 1. The second kappa shape index (κ2) is 6.80. The van der Waals surface area contributed by atoms with Gasteiger partial charge in [-0.15, -0.1) is 0 Å². The molecule has 1 aromatic heterocycles. The minimum absolute atomic E-state index is 0.0787. The molecule has 0 aliphatic carbocycles. The molecule has 6 nitrogen and oxygen atoms in total. The summed E-state index contributed by atoms with van der Waals surface area (Å²) in [7, 11) is 0. The third-order valence-electron chi connectivity index (χ3n) is 4.85. The van der Waals surface area contributed by atoms with Gasteiger partial charge in [0.15, 0.2) is 0 Å². The lowest BCUT2D eigenvalue weighted by Gasteiger charge is -2.37. The van der Waals surface area contributed by atoms with E-state index in [4.69, 9.17) is 21.1 Å². The van der Waals surface area contributed by atoms with Crippen molar-refractivity contribution in [3.63, 3.8) is 0 Å². The summed E-state index contributed by atoms with van der Waals surface area (Å²) in [5, 5.41) is 8.59. The lowest BCUT2D eigenvalue weighted by molar-refractivity contribution is -0.0894. The second-order valence-electron chi connectivity index (χ2n) is 6.52. The summed E-state index contributed by atoms with van der Waals surface area (Å²) in [6.45, 7) is 3.07. The number of rotatable bonds is 4. The second-order valence-corrected chi connectivity index (χ2v) is 6.95. The molecule has 2 aliphatic heterocycles. The number of aromatic nitrogens is 3. The first-order valence-corrected chi connectivity index (χ1v) is 8.70. The minimum atomic E-state index is -0.0787. The maximum Gasteiger partial charge on any atom is 0.138 e. The molecule has 1 aromatic carbocycles. The van der Waals surface area contributed by atoms with E-state index in [0.29, 0.717) is 11.1 Å². The van der Waals surface area contributed by atoms with E-state index in [1.165, 1.54) is 6.33 Å². The fourth-order valence-electron chi connectivity index (χ4n) is 3.55. The van der Waals surface area contributed by atoms with Crippen molar-refractivity contribution in [3.05, 3.63) is 41.4 Å². The van der Waals surface area contributed by atoms with Gasteiger partial charge in [0.05, 0.1) is 17.9 Å². The molecule has 0 amide bonds. The van der Waals surface area contributed by atoms with Gasteiger partial charge >= 0.3 is 0 Å². The van der Waals surface area contributed by atoms with Gasteiger partial charge < -0.3 is 14.8 Å². The minimum Gasteiger partial charge on any atom is -0.378 e. The first kappa shape index (κ1) is 16.0. The van der Waals surface area contributed by atoms with Gasteiger partial charge in [-0.25, -0.2) is 9.67 Å². The average Bonchev–Trinajstić information content (AvgIpc) is 3.26. The summed E-state index contributed by atoms with van der Waals surface area (Å²) in [5.74, 6) is 0. The van der Waals surface area contributed by atoms with Crippen molar-refractivity contribution in [2.45, 2.75) is 37.5 Å². The van der Waals surface area contributed by atoms with Gasteiger partial charge in [0.25, 0.3) is 0 Å². The largest absolute Gasteiger partial charge is 0.378 e. The van der Waals surface area contributed by atoms with E-state index in [-0.39, 0.29) is 5.60 Å². The van der Waals surface area contributed by atoms with Crippen LogP contribution >= 0.6 is 11.6 Å². The number of hydrogen-bond donors (Lipinski definition) is 1. The molecule has 0 unspecified atom stereocenters. The summed E-state index contributed by atoms with van der Waals surface area (Å²) in [6, 6.07) is 6.30. The molecular formula is C17H21ClN4O2. The first-order chi connectivity index (χ1) is 11.7.